The van der Waals surface area contributed by atoms with E-state index in [0.29, 0.717) is 23.0 Å². The minimum absolute atomic E-state index is 0.121. The molecule has 0 unspecified atom stereocenters. The van der Waals surface area contributed by atoms with Crippen molar-refractivity contribution in [1.29, 1.82) is 0 Å². The fraction of sp³-hybridized carbons (Fsp3) is 0.214. The second-order valence-electron chi connectivity index (χ2n) is 4.16. The third-order valence-corrected chi connectivity index (χ3v) is 3.79. The third-order valence-electron chi connectivity index (χ3n) is 2.50. The van der Waals surface area contributed by atoms with Gasteiger partial charge in [-0.05, 0) is 25.1 Å². The zero-order valence-electron chi connectivity index (χ0n) is 11.7. The van der Waals surface area contributed by atoms with Crippen LogP contribution in [0.15, 0.2) is 33.2 Å². The van der Waals surface area contributed by atoms with Gasteiger partial charge in [-0.25, -0.2) is 9.37 Å². The van der Waals surface area contributed by atoms with E-state index in [-0.39, 0.29) is 18.2 Å². The number of hydrogen-bond donors (Lipinski definition) is 1. The van der Waals surface area contributed by atoms with Crippen LogP contribution >= 0.6 is 27.3 Å². The van der Waals surface area contributed by atoms with E-state index in [1.54, 1.807) is 24.4 Å². The Balaban J connectivity index is 1.94. The zero-order valence-corrected chi connectivity index (χ0v) is 14.1. The van der Waals surface area contributed by atoms with Crippen molar-refractivity contribution in [2.75, 3.05) is 12.0 Å². The first-order valence-corrected chi connectivity index (χ1v) is 8.10. The number of aromatic nitrogens is 1. The predicted octanol–water partition coefficient (Wildman–Crippen LogP) is 3.60. The van der Waals surface area contributed by atoms with Gasteiger partial charge in [0.15, 0.2) is 0 Å². The summed E-state index contributed by atoms with van der Waals surface area (Å²) in [5.74, 6) is -0.685. The lowest BCUT2D eigenvalue weighted by atomic mass is 10.2. The summed E-state index contributed by atoms with van der Waals surface area (Å²) in [4.78, 5) is 15.5. The molecule has 0 aliphatic rings. The van der Waals surface area contributed by atoms with Gasteiger partial charge in [-0.2, -0.15) is 5.10 Å². The number of halogens is 2. The summed E-state index contributed by atoms with van der Waals surface area (Å²) in [6, 6.07) is 4.59. The molecule has 0 radical (unpaired) electrons. The largest absolute Gasteiger partial charge is 0.466 e. The highest BCUT2D eigenvalue weighted by Gasteiger charge is 2.08. The highest BCUT2D eigenvalue weighted by atomic mass is 79.9. The highest BCUT2D eigenvalue weighted by Crippen LogP contribution is 2.17. The number of esters is 1. The molecule has 1 aromatic heterocycles. The number of rotatable bonds is 6. The zero-order chi connectivity index (χ0) is 15.9. The van der Waals surface area contributed by atoms with Crippen molar-refractivity contribution in [2.24, 2.45) is 5.10 Å². The van der Waals surface area contributed by atoms with E-state index in [2.05, 4.69) is 31.4 Å². The maximum absolute atomic E-state index is 13.5. The van der Waals surface area contributed by atoms with E-state index in [1.165, 1.54) is 23.6 Å². The lowest BCUT2D eigenvalue weighted by Gasteiger charge is -1.98. The van der Waals surface area contributed by atoms with Crippen molar-refractivity contribution in [3.05, 3.63) is 45.1 Å². The molecule has 0 bridgehead atoms. The van der Waals surface area contributed by atoms with Gasteiger partial charge in [-0.15, -0.1) is 11.3 Å². The topological polar surface area (TPSA) is 63.6 Å². The van der Waals surface area contributed by atoms with Gasteiger partial charge in [0.25, 0.3) is 0 Å². The summed E-state index contributed by atoms with van der Waals surface area (Å²) in [5.41, 5.74) is 3.67. The molecular weight excluding hydrogens is 373 g/mol. The lowest BCUT2D eigenvalue weighted by Crippen LogP contribution is -2.07. The SMILES string of the molecule is CCOC(=O)Cc1csc(NN=Cc2cc(Br)ccc2F)n1. The Hall–Kier alpha value is -1.80. The fourth-order valence-electron chi connectivity index (χ4n) is 1.57. The molecule has 1 aromatic carbocycles. The molecule has 2 rings (SSSR count). The maximum atomic E-state index is 13.5. The first-order valence-electron chi connectivity index (χ1n) is 6.42. The summed E-state index contributed by atoms with van der Waals surface area (Å²) in [6.07, 6.45) is 1.49. The number of hydrogen-bond acceptors (Lipinski definition) is 6. The smallest absolute Gasteiger partial charge is 0.311 e. The quantitative estimate of drug-likeness (QED) is 0.468. The summed E-state index contributed by atoms with van der Waals surface area (Å²) in [6.45, 7) is 2.10. The number of ether oxygens (including phenoxy) is 1. The molecule has 22 heavy (non-hydrogen) atoms. The van der Waals surface area contributed by atoms with Gasteiger partial charge in [-0.1, -0.05) is 15.9 Å². The molecule has 0 atom stereocenters. The monoisotopic (exact) mass is 385 g/mol. The van der Waals surface area contributed by atoms with Crippen LogP contribution in [-0.2, 0) is 16.0 Å². The number of carbonyl (C=O) groups excluding carboxylic acids is 1. The molecule has 2 aromatic rings. The van der Waals surface area contributed by atoms with Crippen molar-refractivity contribution >= 4 is 44.6 Å². The van der Waals surface area contributed by atoms with E-state index >= 15 is 0 Å². The van der Waals surface area contributed by atoms with Gasteiger partial charge in [0.2, 0.25) is 5.13 Å². The average molecular weight is 386 g/mol. The van der Waals surface area contributed by atoms with E-state index in [0.717, 1.165) is 4.47 Å². The molecule has 1 N–H and O–H groups in total. The molecule has 8 heteroatoms. The molecule has 0 aliphatic carbocycles. The van der Waals surface area contributed by atoms with Crippen molar-refractivity contribution in [3.63, 3.8) is 0 Å². The Morgan fingerprint density at radius 1 is 1.59 bits per heavy atom. The van der Waals surface area contributed by atoms with Crippen LogP contribution < -0.4 is 5.43 Å². The fourth-order valence-corrected chi connectivity index (χ4v) is 2.61. The van der Waals surface area contributed by atoms with Crippen LogP contribution in [0.25, 0.3) is 0 Å². The molecule has 5 nitrogen and oxygen atoms in total. The summed E-state index contributed by atoms with van der Waals surface area (Å²) in [7, 11) is 0. The number of carbonyl (C=O) groups is 1. The van der Waals surface area contributed by atoms with E-state index in [9.17, 15) is 9.18 Å². The Morgan fingerprint density at radius 3 is 3.18 bits per heavy atom. The predicted molar refractivity (Wildman–Crippen MR) is 87.8 cm³/mol. The summed E-state index contributed by atoms with van der Waals surface area (Å²) < 4.78 is 19.1. The molecule has 1 heterocycles. The van der Waals surface area contributed by atoms with Gasteiger partial charge in [0.1, 0.15) is 5.82 Å². The Labute approximate surface area is 139 Å². The third kappa shape index (κ3) is 4.88. The molecule has 0 saturated carbocycles. The van der Waals surface area contributed by atoms with Crippen LogP contribution in [0.5, 0.6) is 0 Å². The second kappa shape index (κ2) is 8.00. The summed E-state index contributed by atoms with van der Waals surface area (Å²) in [5, 5.41) is 6.20. The van der Waals surface area contributed by atoms with Gasteiger partial charge in [0.05, 0.1) is 24.9 Å². The Bertz CT molecular complexity index is 690. The molecule has 0 fully saturated rings. The number of benzene rings is 1. The molecule has 0 aliphatic heterocycles. The van der Waals surface area contributed by atoms with Crippen LogP contribution in [0.4, 0.5) is 9.52 Å². The van der Waals surface area contributed by atoms with Crippen molar-refractivity contribution < 1.29 is 13.9 Å². The molecule has 0 saturated heterocycles. The maximum Gasteiger partial charge on any atom is 0.311 e. The lowest BCUT2D eigenvalue weighted by molar-refractivity contribution is -0.142. The van der Waals surface area contributed by atoms with Crippen LogP contribution in [0.2, 0.25) is 0 Å². The van der Waals surface area contributed by atoms with E-state index in [4.69, 9.17) is 4.74 Å². The Kier molecular flexibility index (Phi) is 6.02. The van der Waals surface area contributed by atoms with E-state index < -0.39 is 0 Å². The minimum Gasteiger partial charge on any atom is -0.466 e. The van der Waals surface area contributed by atoms with Crippen molar-refractivity contribution in [2.45, 2.75) is 13.3 Å². The number of thiazole rings is 1. The first-order chi connectivity index (χ1) is 10.6. The second-order valence-corrected chi connectivity index (χ2v) is 5.94. The number of nitrogens with one attached hydrogen (secondary N) is 1. The Morgan fingerprint density at radius 2 is 2.41 bits per heavy atom. The highest BCUT2D eigenvalue weighted by molar-refractivity contribution is 9.10. The van der Waals surface area contributed by atoms with Gasteiger partial charge in [-0.3, -0.25) is 10.2 Å². The van der Waals surface area contributed by atoms with Gasteiger partial charge < -0.3 is 4.74 Å². The van der Waals surface area contributed by atoms with Crippen LogP contribution in [0, 0.1) is 5.82 Å². The minimum atomic E-state index is -0.365. The van der Waals surface area contributed by atoms with Gasteiger partial charge >= 0.3 is 5.97 Å². The average Bonchev–Trinajstić information content (AvgIpc) is 2.90. The number of hydrazone groups is 1. The van der Waals surface area contributed by atoms with Gasteiger partial charge in [0, 0.05) is 15.4 Å². The normalized spacial score (nSPS) is 10.9. The number of nitrogens with zero attached hydrogens (tertiary/aromatic N) is 2. The first kappa shape index (κ1) is 16.6. The molecule has 116 valence electrons. The van der Waals surface area contributed by atoms with Crippen molar-refractivity contribution in [1.82, 2.24) is 4.98 Å². The number of anilines is 1. The van der Waals surface area contributed by atoms with Crippen LogP contribution in [0.3, 0.4) is 0 Å². The summed E-state index contributed by atoms with van der Waals surface area (Å²) >= 11 is 4.57. The van der Waals surface area contributed by atoms with Crippen LogP contribution in [-0.4, -0.2) is 23.8 Å². The molecular formula is C14H13BrFN3O2S. The molecule has 0 spiro atoms. The van der Waals surface area contributed by atoms with Crippen LogP contribution in [0.1, 0.15) is 18.2 Å². The molecule has 0 amide bonds. The van der Waals surface area contributed by atoms with E-state index in [1.807, 2.05) is 0 Å². The van der Waals surface area contributed by atoms with Crippen molar-refractivity contribution in [3.8, 4) is 0 Å². The standard InChI is InChI=1S/C14H13BrFN3O2S/c1-2-21-13(20)6-11-8-22-14(18-11)19-17-7-9-5-10(15)3-4-12(9)16/h3-5,7-8H,2,6H2,1H3,(H,18,19).